The third-order valence-corrected chi connectivity index (χ3v) is 4.13. The fraction of sp³-hybridized carbons (Fsp3) is 0.786. The number of rotatable bonds is 4. The van der Waals surface area contributed by atoms with Crippen molar-refractivity contribution in [3.8, 4) is 0 Å². The van der Waals surface area contributed by atoms with Crippen molar-refractivity contribution in [2.24, 2.45) is 5.92 Å². The molecule has 1 heterocycles. The fourth-order valence-corrected chi connectivity index (χ4v) is 2.93. The van der Waals surface area contributed by atoms with Crippen LogP contribution in [0.4, 0.5) is 13.2 Å². The van der Waals surface area contributed by atoms with Crippen molar-refractivity contribution in [3.05, 3.63) is 17.0 Å². The lowest BCUT2D eigenvalue weighted by molar-refractivity contribution is -0.183. The van der Waals surface area contributed by atoms with E-state index in [4.69, 9.17) is 4.52 Å². The maximum Gasteiger partial charge on any atom is 0.391 e. The highest BCUT2D eigenvalue weighted by Crippen LogP contribution is 2.37. The molecule has 0 spiro atoms. The Morgan fingerprint density at radius 3 is 2.65 bits per heavy atom. The first-order valence-electron chi connectivity index (χ1n) is 7.09. The molecule has 0 unspecified atom stereocenters. The zero-order valence-electron chi connectivity index (χ0n) is 11.9. The molecule has 1 aromatic rings. The van der Waals surface area contributed by atoms with Crippen LogP contribution in [0.2, 0.25) is 0 Å². The van der Waals surface area contributed by atoms with E-state index >= 15 is 0 Å². The van der Waals surface area contributed by atoms with Crippen LogP contribution in [0.15, 0.2) is 4.52 Å². The number of nitrogens with one attached hydrogen (secondary N) is 1. The van der Waals surface area contributed by atoms with Gasteiger partial charge in [0.2, 0.25) is 0 Å². The van der Waals surface area contributed by atoms with E-state index in [0.717, 1.165) is 29.9 Å². The summed E-state index contributed by atoms with van der Waals surface area (Å²) in [6.45, 7) is 4.40. The Morgan fingerprint density at radius 1 is 1.30 bits per heavy atom. The summed E-state index contributed by atoms with van der Waals surface area (Å²) in [5, 5.41) is 7.12. The van der Waals surface area contributed by atoms with E-state index in [1.54, 1.807) is 0 Å². The summed E-state index contributed by atoms with van der Waals surface area (Å²) in [5.41, 5.74) is 1.92. The lowest BCUT2D eigenvalue weighted by atomic mass is 9.85. The molecular formula is C14H21F3N2O. The van der Waals surface area contributed by atoms with Crippen molar-refractivity contribution in [3.63, 3.8) is 0 Å². The van der Waals surface area contributed by atoms with Crippen molar-refractivity contribution >= 4 is 0 Å². The van der Waals surface area contributed by atoms with E-state index in [1.165, 1.54) is 0 Å². The highest BCUT2D eigenvalue weighted by atomic mass is 19.4. The first-order valence-corrected chi connectivity index (χ1v) is 7.09. The number of aryl methyl sites for hydroxylation is 2. The van der Waals surface area contributed by atoms with Crippen molar-refractivity contribution in [1.29, 1.82) is 0 Å². The molecular weight excluding hydrogens is 269 g/mol. The highest BCUT2D eigenvalue weighted by molar-refractivity contribution is 5.20. The van der Waals surface area contributed by atoms with E-state index in [-0.39, 0.29) is 18.9 Å². The van der Waals surface area contributed by atoms with Gasteiger partial charge in [-0.05, 0) is 46.1 Å². The van der Waals surface area contributed by atoms with E-state index in [2.05, 4.69) is 10.5 Å². The lowest BCUT2D eigenvalue weighted by Gasteiger charge is -2.31. The Kier molecular flexibility index (Phi) is 4.73. The van der Waals surface area contributed by atoms with E-state index in [9.17, 15) is 13.2 Å². The molecule has 6 heteroatoms. The summed E-state index contributed by atoms with van der Waals surface area (Å²) in [6, 6.07) is -0.0316. The van der Waals surface area contributed by atoms with Crippen molar-refractivity contribution in [2.45, 2.75) is 58.2 Å². The molecule has 3 nitrogen and oxygen atoms in total. The van der Waals surface area contributed by atoms with E-state index < -0.39 is 12.1 Å². The van der Waals surface area contributed by atoms with Gasteiger partial charge in [-0.1, -0.05) is 11.6 Å². The van der Waals surface area contributed by atoms with Crippen molar-refractivity contribution in [2.75, 3.05) is 6.54 Å². The summed E-state index contributed by atoms with van der Waals surface area (Å²) in [5.74, 6) is -0.353. The smallest absolute Gasteiger partial charge is 0.361 e. The van der Waals surface area contributed by atoms with Gasteiger partial charge in [-0.2, -0.15) is 13.2 Å². The monoisotopic (exact) mass is 290 g/mol. The van der Waals surface area contributed by atoms with Gasteiger partial charge < -0.3 is 9.84 Å². The minimum absolute atomic E-state index is 0.0316. The number of alkyl halides is 3. The van der Waals surface area contributed by atoms with Gasteiger partial charge in [0.05, 0.1) is 11.6 Å². The molecule has 1 saturated carbocycles. The van der Waals surface area contributed by atoms with Gasteiger partial charge in [0, 0.05) is 11.6 Å². The predicted octanol–water partition coefficient (Wildman–Crippen LogP) is 3.54. The van der Waals surface area contributed by atoms with Crippen LogP contribution >= 0.6 is 0 Å². The molecule has 1 fully saturated rings. The molecule has 1 N–H and O–H groups in total. The summed E-state index contributed by atoms with van der Waals surface area (Å²) in [7, 11) is 0. The zero-order valence-corrected chi connectivity index (χ0v) is 11.9. The number of nitrogens with zero attached hydrogens (tertiary/aromatic N) is 1. The number of hydrogen-bond donors (Lipinski definition) is 1. The molecule has 114 valence electrons. The molecule has 1 aliphatic carbocycles. The molecule has 0 saturated heterocycles. The van der Waals surface area contributed by atoms with Crippen LogP contribution in [0.25, 0.3) is 0 Å². The standard InChI is InChI=1S/C14H21F3N2O/c1-9-13(10(2)20-19-9)6-7-18-12-5-3-4-11(8-12)14(15,16)17/h11-12,18H,3-8H2,1-2H3/t11-,12-/m1/s1. The number of halogens is 3. The largest absolute Gasteiger partial charge is 0.391 e. The number of aromatic nitrogens is 1. The van der Waals surface area contributed by atoms with Gasteiger partial charge >= 0.3 is 6.18 Å². The summed E-state index contributed by atoms with van der Waals surface area (Å²) in [4.78, 5) is 0. The molecule has 0 aliphatic heterocycles. The third-order valence-electron chi connectivity index (χ3n) is 4.13. The summed E-state index contributed by atoms with van der Waals surface area (Å²) >= 11 is 0. The second kappa shape index (κ2) is 6.16. The normalized spacial score (nSPS) is 24.1. The zero-order chi connectivity index (χ0) is 14.8. The lowest BCUT2D eigenvalue weighted by Crippen LogP contribution is -2.39. The van der Waals surface area contributed by atoms with Crippen LogP contribution in [0.1, 0.15) is 42.7 Å². The minimum Gasteiger partial charge on any atom is -0.361 e. The molecule has 1 aliphatic rings. The maximum atomic E-state index is 12.7. The SMILES string of the molecule is Cc1noc(C)c1CCN[C@@H]1CCC[C@@H](C(F)(F)F)C1. The summed E-state index contributed by atoms with van der Waals surface area (Å²) in [6.07, 6.45) is -1.37. The van der Waals surface area contributed by atoms with Crippen LogP contribution in [-0.2, 0) is 6.42 Å². The van der Waals surface area contributed by atoms with Gasteiger partial charge in [0.25, 0.3) is 0 Å². The molecule has 0 bridgehead atoms. The second-order valence-electron chi connectivity index (χ2n) is 5.61. The quantitative estimate of drug-likeness (QED) is 0.921. The predicted molar refractivity (Wildman–Crippen MR) is 69.5 cm³/mol. The third kappa shape index (κ3) is 3.75. The van der Waals surface area contributed by atoms with Gasteiger partial charge in [0.15, 0.2) is 0 Å². The molecule has 2 rings (SSSR count). The molecule has 20 heavy (non-hydrogen) atoms. The van der Waals surface area contributed by atoms with Crippen molar-refractivity contribution < 1.29 is 17.7 Å². The molecule has 0 amide bonds. The van der Waals surface area contributed by atoms with Crippen molar-refractivity contribution in [1.82, 2.24) is 10.5 Å². The summed E-state index contributed by atoms with van der Waals surface area (Å²) < 4.78 is 43.2. The second-order valence-corrected chi connectivity index (χ2v) is 5.61. The average Bonchev–Trinajstić information content (AvgIpc) is 2.70. The van der Waals surface area contributed by atoms with Gasteiger partial charge in [-0.25, -0.2) is 0 Å². The maximum absolute atomic E-state index is 12.7. The molecule has 2 atom stereocenters. The number of hydrogen-bond acceptors (Lipinski definition) is 3. The van der Waals surface area contributed by atoms with Gasteiger partial charge in [0.1, 0.15) is 5.76 Å². The van der Waals surface area contributed by atoms with Gasteiger partial charge in [-0.15, -0.1) is 0 Å². The van der Waals surface area contributed by atoms with E-state index in [1.807, 2.05) is 13.8 Å². The molecule has 0 aromatic carbocycles. The Hall–Kier alpha value is -1.04. The first-order chi connectivity index (χ1) is 9.38. The van der Waals surface area contributed by atoms with Gasteiger partial charge in [-0.3, -0.25) is 0 Å². The Labute approximate surface area is 116 Å². The fourth-order valence-electron chi connectivity index (χ4n) is 2.93. The average molecular weight is 290 g/mol. The van der Waals surface area contributed by atoms with Crippen LogP contribution in [-0.4, -0.2) is 23.9 Å². The molecule has 1 aromatic heterocycles. The Morgan fingerprint density at radius 2 is 2.05 bits per heavy atom. The van der Waals surface area contributed by atoms with Crippen LogP contribution in [0.3, 0.4) is 0 Å². The van der Waals surface area contributed by atoms with E-state index in [0.29, 0.717) is 13.0 Å². The Bertz CT molecular complexity index is 423. The van der Waals surface area contributed by atoms with Crippen LogP contribution in [0.5, 0.6) is 0 Å². The minimum atomic E-state index is -4.05. The highest BCUT2D eigenvalue weighted by Gasteiger charge is 2.41. The molecule has 0 radical (unpaired) electrons. The first kappa shape index (κ1) is 15.4. The Balaban J connectivity index is 1.80. The van der Waals surface area contributed by atoms with Crippen LogP contribution < -0.4 is 5.32 Å². The topological polar surface area (TPSA) is 38.1 Å². The van der Waals surface area contributed by atoms with Crippen LogP contribution in [0, 0.1) is 19.8 Å².